The van der Waals surface area contributed by atoms with Gasteiger partial charge in [0.15, 0.2) is 0 Å². The zero-order valence-corrected chi connectivity index (χ0v) is 9.83. The van der Waals surface area contributed by atoms with Crippen LogP contribution in [-0.2, 0) is 0 Å². The second-order valence-corrected chi connectivity index (χ2v) is 5.46. The van der Waals surface area contributed by atoms with Crippen LogP contribution >= 0.6 is 11.3 Å². The van der Waals surface area contributed by atoms with Crippen LogP contribution < -0.4 is 10.5 Å². The van der Waals surface area contributed by atoms with Gasteiger partial charge in [-0.15, -0.1) is 11.3 Å². The number of hydrogen-bond donors (Lipinski definition) is 1. The van der Waals surface area contributed by atoms with Gasteiger partial charge in [0.05, 0.1) is 5.39 Å². The van der Waals surface area contributed by atoms with Gasteiger partial charge in [0, 0.05) is 10.9 Å². The van der Waals surface area contributed by atoms with E-state index in [1.807, 2.05) is 0 Å². The van der Waals surface area contributed by atoms with E-state index in [0.717, 1.165) is 23.1 Å². The van der Waals surface area contributed by atoms with Crippen LogP contribution in [0.1, 0.15) is 17.7 Å². The predicted molar refractivity (Wildman–Crippen MR) is 63.8 cm³/mol. The molecule has 0 aromatic carbocycles. The third kappa shape index (κ3) is 1.66. The number of aromatic nitrogens is 2. The third-order valence-electron chi connectivity index (χ3n) is 2.83. The van der Waals surface area contributed by atoms with Crippen molar-refractivity contribution in [3.05, 3.63) is 17.3 Å². The van der Waals surface area contributed by atoms with Gasteiger partial charge in [-0.25, -0.2) is 9.97 Å². The molecule has 2 N–H and O–H groups in total. The van der Waals surface area contributed by atoms with Crippen molar-refractivity contribution >= 4 is 21.6 Å². The van der Waals surface area contributed by atoms with Gasteiger partial charge in [-0.3, -0.25) is 0 Å². The molecule has 4 nitrogen and oxygen atoms in total. The molecule has 16 heavy (non-hydrogen) atoms. The Balaban J connectivity index is 1.90. The minimum atomic E-state index is 0.230. The Kier molecular flexibility index (Phi) is 2.29. The number of ether oxygens (including phenoxy) is 1. The molecule has 0 radical (unpaired) electrons. The van der Waals surface area contributed by atoms with E-state index in [2.05, 4.69) is 23.0 Å². The van der Waals surface area contributed by atoms with E-state index >= 15 is 0 Å². The molecule has 3 rings (SSSR count). The molecule has 0 bridgehead atoms. The molecule has 1 saturated carbocycles. The molecular formula is C11H13N3OS. The Morgan fingerprint density at radius 1 is 1.44 bits per heavy atom. The molecule has 0 saturated heterocycles. The molecule has 0 spiro atoms. The normalized spacial score (nSPS) is 24.4. The highest BCUT2D eigenvalue weighted by Crippen LogP contribution is 2.31. The molecule has 1 aliphatic carbocycles. The minimum absolute atomic E-state index is 0.230. The average Bonchev–Trinajstić information content (AvgIpc) is 2.57. The fraction of sp³-hybridized carbons (Fsp3) is 0.455. The standard InChI is InChI=1S/C11H13N3OS/c1-6-2-9-10(13-5-14-11(9)16-6)15-8-3-7(12)4-8/h2,5,7-8H,3-4,12H2,1H3. The number of hydrogen-bond acceptors (Lipinski definition) is 5. The quantitative estimate of drug-likeness (QED) is 0.863. The summed E-state index contributed by atoms with van der Waals surface area (Å²) < 4.78 is 5.82. The van der Waals surface area contributed by atoms with E-state index in [1.54, 1.807) is 17.7 Å². The number of nitrogens with two attached hydrogens (primary N) is 1. The van der Waals surface area contributed by atoms with Crippen LogP contribution in [0.4, 0.5) is 0 Å². The van der Waals surface area contributed by atoms with Gasteiger partial charge in [-0.1, -0.05) is 0 Å². The summed E-state index contributed by atoms with van der Waals surface area (Å²) >= 11 is 1.66. The number of rotatable bonds is 2. The molecule has 0 amide bonds. The van der Waals surface area contributed by atoms with Gasteiger partial charge >= 0.3 is 0 Å². The molecular weight excluding hydrogens is 222 g/mol. The van der Waals surface area contributed by atoms with Crippen LogP contribution in [0.25, 0.3) is 10.2 Å². The van der Waals surface area contributed by atoms with Crippen LogP contribution in [0.2, 0.25) is 0 Å². The molecule has 5 heteroatoms. The minimum Gasteiger partial charge on any atom is -0.474 e. The molecule has 0 aliphatic heterocycles. The first-order valence-electron chi connectivity index (χ1n) is 5.36. The topological polar surface area (TPSA) is 61.0 Å². The number of nitrogens with zero attached hydrogens (tertiary/aromatic N) is 2. The highest BCUT2D eigenvalue weighted by molar-refractivity contribution is 7.18. The Morgan fingerprint density at radius 2 is 2.25 bits per heavy atom. The lowest BCUT2D eigenvalue weighted by molar-refractivity contribution is 0.0976. The number of aryl methyl sites for hydroxylation is 1. The maximum Gasteiger partial charge on any atom is 0.225 e. The van der Waals surface area contributed by atoms with Crippen LogP contribution in [0, 0.1) is 6.92 Å². The highest BCUT2D eigenvalue weighted by Gasteiger charge is 2.28. The zero-order valence-electron chi connectivity index (χ0n) is 9.01. The van der Waals surface area contributed by atoms with Crippen molar-refractivity contribution in [3.63, 3.8) is 0 Å². The summed E-state index contributed by atoms with van der Waals surface area (Å²) in [6, 6.07) is 2.38. The molecule has 0 atom stereocenters. The van der Waals surface area contributed by atoms with Crippen LogP contribution in [0.5, 0.6) is 5.88 Å². The monoisotopic (exact) mass is 235 g/mol. The van der Waals surface area contributed by atoms with Gasteiger partial charge in [0.25, 0.3) is 0 Å². The molecule has 1 fully saturated rings. The lowest BCUT2D eigenvalue weighted by Gasteiger charge is -2.32. The molecule has 2 aromatic heterocycles. The van der Waals surface area contributed by atoms with Crippen LogP contribution in [0.3, 0.4) is 0 Å². The molecule has 2 heterocycles. The molecule has 84 valence electrons. The number of thiophene rings is 1. The van der Waals surface area contributed by atoms with Gasteiger partial charge in [0.1, 0.15) is 17.3 Å². The first-order valence-corrected chi connectivity index (χ1v) is 6.17. The van der Waals surface area contributed by atoms with Gasteiger partial charge in [-0.2, -0.15) is 0 Å². The molecule has 1 aliphatic rings. The van der Waals surface area contributed by atoms with Gasteiger partial charge in [-0.05, 0) is 25.8 Å². The van der Waals surface area contributed by atoms with Crippen molar-refractivity contribution in [2.45, 2.75) is 31.9 Å². The summed E-state index contributed by atoms with van der Waals surface area (Å²) in [4.78, 5) is 10.7. The summed E-state index contributed by atoms with van der Waals surface area (Å²) in [5.74, 6) is 0.700. The van der Waals surface area contributed by atoms with E-state index in [0.29, 0.717) is 11.9 Å². The summed E-state index contributed by atoms with van der Waals surface area (Å²) in [5, 5.41) is 1.02. The predicted octanol–water partition coefficient (Wildman–Crippen LogP) is 1.87. The maximum atomic E-state index is 5.82. The van der Waals surface area contributed by atoms with Crippen LogP contribution in [0.15, 0.2) is 12.4 Å². The third-order valence-corrected chi connectivity index (χ3v) is 3.78. The van der Waals surface area contributed by atoms with Crippen molar-refractivity contribution in [2.24, 2.45) is 5.73 Å². The lowest BCUT2D eigenvalue weighted by Crippen LogP contribution is -2.43. The Hall–Kier alpha value is -1.20. The Morgan fingerprint density at radius 3 is 3.00 bits per heavy atom. The summed E-state index contributed by atoms with van der Waals surface area (Å²) in [6.07, 6.45) is 3.64. The fourth-order valence-electron chi connectivity index (χ4n) is 1.91. The van der Waals surface area contributed by atoms with E-state index in [1.165, 1.54) is 4.88 Å². The van der Waals surface area contributed by atoms with E-state index in [-0.39, 0.29) is 6.10 Å². The summed E-state index contributed by atoms with van der Waals surface area (Å²) in [5.41, 5.74) is 5.73. The lowest BCUT2D eigenvalue weighted by atomic mass is 9.90. The average molecular weight is 235 g/mol. The zero-order chi connectivity index (χ0) is 11.1. The maximum absolute atomic E-state index is 5.82. The van der Waals surface area contributed by atoms with Gasteiger partial charge in [0.2, 0.25) is 5.88 Å². The fourth-order valence-corrected chi connectivity index (χ4v) is 2.75. The first-order chi connectivity index (χ1) is 7.72. The first kappa shape index (κ1) is 9.99. The Labute approximate surface area is 97.5 Å². The second kappa shape index (κ2) is 3.68. The van der Waals surface area contributed by atoms with E-state index in [9.17, 15) is 0 Å². The summed E-state index contributed by atoms with van der Waals surface area (Å²) in [7, 11) is 0. The highest BCUT2D eigenvalue weighted by atomic mass is 32.1. The SMILES string of the molecule is Cc1cc2c(OC3CC(N)C3)ncnc2s1. The van der Waals surface area contributed by atoms with E-state index < -0.39 is 0 Å². The number of fused-ring (bicyclic) bond motifs is 1. The second-order valence-electron chi connectivity index (χ2n) is 4.23. The molecule has 0 unspecified atom stereocenters. The largest absolute Gasteiger partial charge is 0.474 e. The van der Waals surface area contributed by atoms with Gasteiger partial charge < -0.3 is 10.5 Å². The van der Waals surface area contributed by atoms with Crippen molar-refractivity contribution in [2.75, 3.05) is 0 Å². The Bertz CT molecular complexity index is 519. The van der Waals surface area contributed by atoms with Crippen molar-refractivity contribution in [1.29, 1.82) is 0 Å². The van der Waals surface area contributed by atoms with Crippen molar-refractivity contribution < 1.29 is 4.74 Å². The van der Waals surface area contributed by atoms with E-state index in [4.69, 9.17) is 10.5 Å². The van der Waals surface area contributed by atoms with Crippen LogP contribution in [-0.4, -0.2) is 22.1 Å². The van der Waals surface area contributed by atoms with Crippen molar-refractivity contribution in [3.8, 4) is 5.88 Å². The smallest absolute Gasteiger partial charge is 0.225 e. The molecule has 2 aromatic rings. The summed E-state index contributed by atoms with van der Waals surface area (Å²) in [6.45, 7) is 2.06. The van der Waals surface area contributed by atoms with Crippen molar-refractivity contribution in [1.82, 2.24) is 9.97 Å².